The molecule has 0 unspecified atom stereocenters. The highest BCUT2D eigenvalue weighted by Crippen LogP contribution is 2.47. The van der Waals surface area contributed by atoms with Crippen molar-refractivity contribution in [3.63, 3.8) is 0 Å². The Morgan fingerprint density at radius 3 is 2.00 bits per heavy atom. The predicted molar refractivity (Wildman–Crippen MR) is 68.7 cm³/mol. The second-order valence-electron chi connectivity index (χ2n) is 5.50. The quantitative estimate of drug-likeness (QED) is 0.770. The number of hydrogen-bond acceptors (Lipinski definition) is 3. The van der Waals surface area contributed by atoms with Gasteiger partial charge < -0.3 is 0 Å². The Hall–Kier alpha value is -0.870. The van der Waals surface area contributed by atoms with Crippen molar-refractivity contribution in [3.05, 3.63) is 29.8 Å². The van der Waals surface area contributed by atoms with E-state index in [2.05, 4.69) is 0 Å². The molecule has 3 rings (SSSR count). The minimum Gasteiger partial charge on any atom is -0.262 e. The Bertz CT molecular complexity index is 513. The summed E-state index contributed by atoms with van der Waals surface area (Å²) in [6.07, 6.45) is 4.39. The Balaban J connectivity index is 1.78. The minimum atomic E-state index is -3.59. The first-order chi connectivity index (χ1) is 8.56. The fourth-order valence-corrected chi connectivity index (χ4v) is 3.49. The van der Waals surface area contributed by atoms with E-state index in [1.807, 2.05) is 6.92 Å². The monoisotopic (exact) mass is 266 g/mol. The lowest BCUT2D eigenvalue weighted by molar-refractivity contribution is 0.162. The summed E-state index contributed by atoms with van der Waals surface area (Å²) >= 11 is 0. The Kier molecular flexibility index (Phi) is 2.94. The second kappa shape index (κ2) is 4.35. The first-order valence-corrected chi connectivity index (χ1v) is 7.97. The van der Waals surface area contributed by atoms with E-state index < -0.39 is 10.1 Å². The lowest BCUT2D eigenvalue weighted by atomic mass is 10.1. The highest BCUT2D eigenvalue weighted by atomic mass is 32.2. The zero-order valence-electron chi connectivity index (χ0n) is 10.5. The van der Waals surface area contributed by atoms with Crippen molar-refractivity contribution in [1.82, 2.24) is 0 Å². The van der Waals surface area contributed by atoms with Crippen molar-refractivity contribution in [3.8, 4) is 0 Å². The Labute approximate surface area is 108 Å². The molecule has 1 aromatic carbocycles. The molecular weight excluding hydrogens is 248 g/mol. The maximum absolute atomic E-state index is 12.2. The average molecular weight is 266 g/mol. The van der Waals surface area contributed by atoms with Gasteiger partial charge in [-0.1, -0.05) is 17.7 Å². The highest BCUT2D eigenvalue weighted by Gasteiger charge is 2.44. The largest absolute Gasteiger partial charge is 0.297 e. The zero-order chi connectivity index (χ0) is 12.8. The smallest absolute Gasteiger partial charge is 0.262 e. The van der Waals surface area contributed by atoms with Crippen LogP contribution in [0.25, 0.3) is 0 Å². The van der Waals surface area contributed by atoms with Gasteiger partial charge in [-0.2, -0.15) is 8.42 Å². The van der Waals surface area contributed by atoms with E-state index in [1.165, 1.54) is 0 Å². The van der Waals surface area contributed by atoms with Crippen LogP contribution in [-0.2, 0) is 14.3 Å². The van der Waals surface area contributed by atoms with Crippen LogP contribution < -0.4 is 0 Å². The summed E-state index contributed by atoms with van der Waals surface area (Å²) in [5.41, 5.74) is 1.05. The number of rotatable bonds is 5. The van der Waals surface area contributed by atoms with Crippen LogP contribution in [0, 0.1) is 18.8 Å². The molecule has 3 nitrogen and oxygen atoms in total. The van der Waals surface area contributed by atoms with E-state index in [4.69, 9.17) is 4.18 Å². The van der Waals surface area contributed by atoms with Crippen LogP contribution in [0.1, 0.15) is 31.2 Å². The standard InChI is InChI=1S/C14H18O3S/c1-10-2-8-13(9-3-10)18(15,16)17-14(11-4-5-11)12-6-7-12/h2-3,8-9,11-12,14H,4-7H2,1H3. The molecule has 2 aliphatic rings. The molecule has 2 saturated carbocycles. The summed E-state index contributed by atoms with van der Waals surface area (Å²) in [6.45, 7) is 1.94. The summed E-state index contributed by atoms with van der Waals surface area (Å²) in [4.78, 5) is 0.277. The summed E-state index contributed by atoms with van der Waals surface area (Å²) in [5, 5.41) is 0. The summed E-state index contributed by atoms with van der Waals surface area (Å²) < 4.78 is 29.9. The zero-order valence-corrected chi connectivity index (χ0v) is 11.3. The molecule has 2 aliphatic carbocycles. The van der Waals surface area contributed by atoms with Gasteiger partial charge >= 0.3 is 0 Å². The van der Waals surface area contributed by atoms with Crippen LogP contribution in [0.4, 0.5) is 0 Å². The van der Waals surface area contributed by atoms with Crippen molar-refractivity contribution in [1.29, 1.82) is 0 Å². The number of benzene rings is 1. The lowest BCUT2D eigenvalue weighted by Gasteiger charge is -2.16. The third-order valence-corrected chi connectivity index (χ3v) is 5.05. The molecule has 0 N–H and O–H groups in total. The Morgan fingerprint density at radius 2 is 1.56 bits per heavy atom. The first kappa shape index (κ1) is 12.2. The van der Waals surface area contributed by atoms with E-state index in [0.717, 1.165) is 31.2 Å². The van der Waals surface area contributed by atoms with Crippen molar-refractivity contribution in [2.24, 2.45) is 11.8 Å². The maximum atomic E-state index is 12.2. The summed E-state index contributed by atoms with van der Waals surface area (Å²) in [7, 11) is -3.59. The molecule has 0 radical (unpaired) electrons. The Morgan fingerprint density at radius 1 is 1.06 bits per heavy atom. The molecule has 0 saturated heterocycles. The molecule has 0 aromatic heterocycles. The van der Waals surface area contributed by atoms with Crippen molar-refractivity contribution >= 4 is 10.1 Å². The molecule has 1 aromatic rings. The van der Waals surface area contributed by atoms with Crippen molar-refractivity contribution < 1.29 is 12.6 Å². The average Bonchev–Trinajstić information content (AvgIpc) is 3.18. The van der Waals surface area contributed by atoms with Gasteiger partial charge in [-0.25, -0.2) is 0 Å². The third kappa shape index (κ3) is 2.59. The fraction of sp³-hybridized carbons (Fsp3) is 0.571. The van der Waals surface area contributed by atoms with Crippen molar-refractivity contribution in [2.75, 3.05) is 0 Å². The molecular formula is C14H18O3S. The topological polar surface area (TPSA) is 43.4 Å². The van der Waals surface area contributed by atoms with Crippen LogP contribution in [0.5, 0.6) is 0 Å². The summed E-state index contributed by atoms with van der Waals surface area (Å²) in [5.74, 6) is 0.940. The van der Waals surface area contributed by atoms with Crippen LogP contribution in [-0.4, -0.2) is 14.5 Å². The van der Waals surface area contributed by atoms with Crippen LogP contribution >= 0.6 is 0 Å². The molecule has 2 fully saturated rings. The molecule has 0 spiro atoms. The maximum Gasteiger partial charge on any atom is 0.297 e. The van der Waals surface area contributed by atoms with E-state index >= 15 is 0 Å². The van der Waals surface area contributed by atoms with E-state index in [0.29, 0.717) is 11.8 Å². The predicted octanol–water partition coefficient (Wildman–Crippen LogP) is 2.89. The van der Waals surface area contributed by atoms with Gasteiger partial charge in [-0.05, 0) is 56.6 Å². The number of hydrogen-bond donors (Lipinski definition) is 0. The molecule has 0 heterocycles. The van der Waals surface area contributed by atoms with Crippen molar-refractivity contribution in [2.45, 2.75) is 43.6 Å². The van der Waals surface area contributed by atoms with Gasteiger partial charge in [0.25, 0.3) is 10.1 Å². The molecule has 0 bridgehead atoms. The SMILES string of the molecule is Cc1ccc(S(=O)(=O)OC(C2CC2)C2CC2)cc1. The molecule has 18 heavy (non-hydrogen) atoms. The molecule has 0 aliphatic heterocycles. The van der Waals surface area contributed by atoms with Gasteiger partial charge in [-0.3, -0.25) is 4.18 Å². The normalized spacial score (nSPS) is 20.3. The second-order valence-corrected chi connectivity index (χ2v) is 7.07. The summed E-state index contributed by atoms with van der Waals surface area (Å²) in [6, 6.07) is 6.86. The van der Waals surface area contributed by atoms with Gasteiger partial charge in [0.2, 0.25) is 0 Å². The minimum absolute atomic E-state index is 0.0729. The van der Waals surface area contributed by atoms with Crippen LogP contribution in [0.2, 0.25) is 0 Å². The fourth-order valence-electron chi connectivity index (χ4n) is 2.30. The van der Waals surface area contributed by atoms with Gasteiger partial charge in [0.1, 0.15) is 0 Å². The van der Waals surface area contributed by atoms with E-state index in [9.17, 15) is 8.42 Å². The van der Waals surface area contributed by atoms with Gasteiger partial charge in [-0.15, -0.1) is 0 Å². The third-order valence-electron chi connectivity index (χ3n) is 3.72. The van der Waals surface area contributed by atoms with Gasteiger partial charge in [0, 0.05) is 0 Å². The van der Waals surface area contributed by atoms with E-state index in [-0.39, 0.29) is 11.0 Å². The number of aryl methyl sites for hydroxylation is 1. The highest BCUT2D eigenvalue weighted by molar-refractivity contribution is 7.86. The lowest BCUT2D eigenvalue weighted by Crippen LogP contribution is -2.22. The molecule has 0 amide bonds. The first-order valence-electron chi connectivity index (χ1n) is 6.56. The van der Waals surface area contributed by atoms with Crippen LogP contribution in [0.15, 0.2) is 29.2 Å². The molecule has 4 heteroatoms. The van der Waals surface area contributed by atoms with Crippen LogP contribution in [0.3, 0.4) is 0 Å². The molecule has 0 atom stereocenters. The molecule has 98 valence electrons. The van der Waals surface area contributed by atoms with E-state index in [1.54, 1.807) is 24.3 Å². The van der Waals surface area contributed by atoms with Gasteiger partial charge in [0.05, 0.1) is 11.0 Å². The van der Waals surface area contributed by atoms with Gasteiger partial charge in [0.15, 0.2) is 0 Å².